The second-order valence-corrected chi connectivity index (χ2v) is 4.17. The van der Waals surface area contributed by atoms with Crippen molar-refractivity contribution in [3.8, 4) is 0 Å². The number of halogens is 2. The molecule has 1 aromatic rings. The number of pyridine rings is 1. The minimum absolute atomic E-state index is 0.508. The van der Waals surface area contributed by atoms with Crippen LogP contribution in [0.4, 0.5) is 0 Å². The number of hydrogen-bond donors (Lipinski definition) is 0. The van der Waals surface area contributed by atoms with E-state index in [-0.39, 0.29) is 0 Å². The maximum Gasteiger partial charge on any atom is 0.164 e. The third-order valence-corrected chi connectivity index (χ3v) is 3.02. The van der Waals surface area contributed by atoms with Crippen molar-refractivity contribution in [3.63, 3.8) is 0 Å². The summed E-state index contributed by atoms with van der Waals surface area (Å²) < 4.78 is 5.19. The Morgan fingerprint density at radius 3 is 3.07 bits per heavy atom. The minimum Gasteiger partial charge on any atom is -0.359 e. The fourth-order valence-electron chi connectivity index (χ4n) is 1.48. The maximum atomic E-state index is 6.17. The van der Waals surface area contributed by atoms with Gasteiger partial charge in [0.2, 0.25) is 0 Å². The number of hydrogen-bond acceptors (Lipinski definition) is 2. The molecule has 1 aliphatic carbocycles. The van der Waals surface area contributed by atoms with Crippen molar-refractivity contribution in [1.82, 2.24) is 4.98 Å². The number of fused-ring (bicyclic) bond motifs is 1. The Morgan fingerprint density at radius 2 is 2.36 bits per heavy atom. The predicted octanol–water partition coefficient (Wildman–Crippen LogP) is 2.89. The highest BCUT2D eigenvalue weighted by atomic mass is 35.5. The first-order chi connectivity index (χ1) is 6.64. The molecule has 1 aromatic heterocycles. The highest BCUT2D eigenvalue weighted by Crippen LogP contribution is 2.33. The number of ether oxygens (including phenoxy) is 1. The molecule has 2 nitrogen and oxygen atoms in total. The number of methoxy groups -OCH3 is 1. The van der Waals surface area contributed by atoms with Crippen molar-refractivity contribution in [2.24, 2.45) is 0 Å². The van der Waals surface area contributed by atoms with Crippen LogP contribution in [0.1, 0.15) is 11.1 Å². The first-order valence-corrected chi connectivity index (χ1v) is 4.97. The molecule has 0 aliphatic heterocycles. The molecule has 0 bridgehead atoms. The molecule has 0 amide bonds. The number of aromatic nitrogens is 1. The molecule has 0 saturated carbocycles. The van der Waals surface area contributed by atoms with Crippen molar-refractivity contribution in [3.05, 3.63) is 34.6 Å². The summed E-state index contributed by atoms with van der Waals surface area (Å²) in [5.41, 5.74) is 1.99. The van der Waals surface area contributed by atoms with Gasteiger partial charge in [0.15, 0.2) is 5.06 Å². The minimum atomic E-state index is -0.738. The zero-order valence-electron chi connectivity index (χ0n) is 7.63. The molecule has 1 atom stereocenters. The van der Waals surface area contributed by atoms with Gasteiger partial charge in [0.1, 0.15) is 5.15 Å². The van der Waals surface area contributed by atoms with E-state index in [1.807, 2.05) is 12.1 Å². The highest BCUT2D eigenvalue weighted by Gasteiger charge is 2.28. The summed E-state index contributed by atoms with van der Waals surface area (Å²) in [5.74, 6) is 0. The van der Waals surface area contributed by atoms with Crippen molar-refractivity contribution in [1.29, 1.82) is 0 Å². The maximum absolute atomic E-state index is 6.17. The SMILES string of the molecule is COC1(Cl)C=Cc2c(ccnc2Cl)C1. The predicted molar refractivity (Wildman–Crippen MR) is 57.6 cm³/mol. The molecule has 1 aliphatic rings. The molecule has 4 heteroatoms. The van der Waals surface area contributed by atoms with Gasteiger partial charge in [-0.05, 0) is 17.7 Å². The van der Waals surface area contributed by atoms with Crippen LogP contribution in [0.3, 0.4) is 0 Å². The van der Waals surface area contributed by atoms with Crippen molar-refractivity contribution in [2.45, 2.75) is 11.5 Å². The lowest BCUT2D eigenvalue weighted by atomic mass is 9.97. The van der Waals surface area contributed by atoms with Crippen LogP contribution in [0, 0.1) is 0 Å². The van der Waals surface area contributed by atoms with Crippen LogP contribution in [0.5, 0.6) is 0 Å². The number of nitrogens with zero attached hydrogens (tertiary/aromatic N) is 1. The van der Waals surface area contributed by atoms with E-state index in [0.717, 1.165) is 11.1 Å². The molecule has 0 radical (unpaired) electrons. The van der Waals surface area contributed by atoms with E-state index in [1.54, 1.807) is 19.4 Å². The summed E-state index contributed by atoms with van der Waals surface area (Å²) in [6.45, 7) is 0. The average molecular weight is 230 g/mol. The van der Waals surface area contributed by atoms with Gasteiger partial charge in [-0.15, -0.1) is 0 Å². The summed E-state index contributed by atoms with van der Waals surface area (Å²) in [7, 11) is 1.59. The molecular weight excluding hydrogens is 221 g/mol. The number of alkyl halides is 1. The summed E-state index contributed by atoms with van der Waals surface area (Å²) in [6.07, 6.45) is 5.93. The van der Waals surface area contributed by atoms with Crippen LogP contribution in [-0.4, -0.2) is 17.2 Å². The molecule has 1 unspecified atom stereocenters. The van der Waals surface area contributed by atoms with Gasteiger partial charge in [-0.2, -0.15) is 0 Å². The van der Waals surface area contributed by atoms with Crippen LogP contribution in [0.2, 0.25) is 5.15 Å². The summed E-state index contributed by atoms with van der Waals surface area (Å²) in [4.78, 5) is 4.00. The van der Waals surface area contributed by atoms with Crippen LogP contribution in [0.15, 0.2) is 18.3 Å². The normalized spacial score (nSPS) is 24.8. The van der Waals surface area contributed by atoms with Gasteiger partial charge in [-0.1, -0.05) is 29.3 Å². The monoisotopic (exact) mass is 229 g/mol. The summed E-state index contributed by atoms with van der Waals surface area (Å²) in [5, 5.41) is -0.230. The quantitative estimate of drug-likeness (QED) is 0.546. The van der Waals surface area contributed by atoms with Crippen LogP contribution >= 0.6 is 23.2 Å². The molecule has 74 valence electrons. The molecule has 0 N–H and O–H groups in total. The Hall–Kier alpha value is -0.570. The molecule has 1 heterocycles. The van der Waals surface area contributed by atoms with Gasteiger partial charge < -0.3 is 4.74 Å². The van der Waals surface area contributed by atoms with Gasteiger partial charge >= 0.3 is 0 Å². The lowest BCUT2D eigenvalue weighted by molar-refractivity contribution is 0.104. The van der Waals surface area contributed by atoms with E-state index >= 15 is 0 Å². The van der Waals surface area contributed by atoms with Crippen molar-refractivity contribution < 1.29 is 4.74 Å². The summed E-state index contributed by atoms with van der Waals surface area (Å²) in [6, 6.07) is 1.90. The Morgan fingerprint density at radius 1 is 1.57 bits per heavy atom. The molecule has 0 fully saturated rings. The van der Waals surface area contributed by atoms with E-state index in [1.165, 1.54) is 0 Å². The van der Waals surface area contributed by atoms with Gasteiger partial charge in [0, 0.05) is 25.3 Å². The second-order valence-electron chi connectivity index (χ2n) is 3.17. The number of rotatable bonds is 1. The molecule has 14 heavy (non-hydrogen) atoms. The van der Waals surface area contributed by atoms with Gasteiger partial charge in [-0.25, -0.2) is 4.98 Å². The average Bonchev–Trinajstić information content (AvgIpc) is 2.18. The third-order valence-electron chi connectivity index (χ3n) is 2.30. The van der Waals surface area contributed by atoms with Crippen LogP contribution < -0.4 is 0 Å². The smallest absolute Gasteiger partial charge is 0.164 e. The highest BCUT2D eigenvalue weighted by molar-refractivity contribution is 6.31. The molecular formula is C10H9Cl2NO. The Bertz CT molecular complexity index is 392. The zero-order chi connectivity index (χ0) is 10.2. The van der Waals surface area contributed by atoms with E-state index in [0.29, 0.717) is 11.6 Å². The Balaban J connectivity index is 2.46. The van der Waals surface area contributed by atoms with Gasteiger partial charge in [-0.3, -0.25) is 0 Å². The first kappa shape index (κ1) is 9.97. The fraction of sp³-hybridized carbons (Fsp3) is 0.300. The largest absolute Gasteiger partial charge is 0.359 e. The van der Waals surface area contributed by atoms with E-state index in [2.05, 4.69) is 4.98 Å². The third kappa shape index (κ3) is 1.65. The molecule has 0 saturated heterocycles. The summed E-state index contributed by atoms with van der Waals surface area (Å²) >= 11 is 12.1. The molecule has 0 aromatic carbocycles. The Kier molecular flexibility index (Phi) is 2.52. The van der Waals surface area contributed by atoms with Crippen molar-refractivity contribution >= 4 is 29.3 Å². The lowest BCUT2D eigenvalue weighted by Crippen LogP contribution is -2.26. The van der Waals surface area contributed by atoms with Gasteiger partial charge in [0.25, 0.3) is 0 Å². The molecule has 2 rings (SSSR count). The first-order valence-electron chi connectivity index (χ1n) is 4.21. The zero-order valence-corrected chi connectivity index (χ0v) is 9.14. The second kappa shape index (κ2) is 3.54. The standard InChI is InChI=1S/C10H9Cl2NO/c1-14-10(12)4-2-8-7(6-10)3-5-13-9(8)11/h2-5H,6H2,1H3. The topological polar surface area (TPSA) is 22.1 Å². The van der Waals surface area contributed by atoms with E-state index < -0.39 is 5.06 Å². The van der Waals surface area contributed by atoms with Crippen molar-refractivity contribution in [2.75, 3.05) is 7.11 Å². The molecule has 0 spiro atoms. The van der Waals surface area contributed by atoms with Gasteiger partial charge in [0.05, 0.1) is 0 Å². The van der Waals surface area contributed by atoms with E-state index in [4.69, 9.17) is 27.9 Å². The van der Waals surface area contributed by atoms with Crippen LogP contribution in [-0.2, 0) is 11.2 Å². The van der Waals surface area contributed by atoms with Crippen LogP contribution in [0.25, 0.3) is 6.08 Å². The Labute approximate surface area is 92.5 Å². The fourth-order valence-corrected chi connectivity index (χ4v) is 1.93. The lowest BCUT2D eigenvalue weighted by Gasteiger charge is -2.26. The van der Waals surface area contributed by atoms with E-state index in [9.17, 15) is 0 Å².